The van der Waals surface area contributed by atoms with Crippen LogP contribution in [-0.2, 0) is 0 Å². The fraction of sp³-hybridized carbons (Fsp3) is 0.750. The molecule has 0 aliphatic heterocycles. The molecule has 3 N–H and O–H groups in total. The summed E-state index contributed by atoms with van der Waals surface area (Å²) in [4.78, 5) is 0. The van der Waals surface area contributed by atoms with E-state index in [4.69, 9.17) is 5.73 Å². The molecule has 0 bridgehead atoms. The van der Waals surface area contributed by atoms with Crippen LogP contribution in [0, 0.1) is 5.92 Å². The van der Waals surface area contributed by atoms with Crippen LogP contribution >= 0.6 is 0 Å². The molecule has 0 aromatic carbocycles. The Morgan fingerprint density at radius 3 is 2.40 bits per heavy atom. The van der Waals surface area contributed by atoms with Crippen LogP contribution in [0.4, 0.5) is 0 Å². The Labute approximate surface area is 62.7 Å². The monoisotopic (exact) mass is 143 g/mol. The van der Waals surface area contributed by atoms with E-state index in [-0.39, 0.29) is 6.04 Å². The quantitative estimate of drug-likeness (QED) is 0.574. The summed E-state index contributed by atoms with van der Waals surface area (Å²) in [6, 6.07) is -0.127. The first-order chi connectivity index (χ1) is 4.59. The topological polar surface area (TPSA) is 46.2 Å². The maximum absolute atomic E-state index is 9.29. The highest BCUT2D eigenvalue weighted by Crippen LogP contribution is 2.06. The van der Waals surface area contributed by atoms with E-state index in [1.165, 1.54) is 0 Å². The summed E-state index contributed by atoms with van der Waals surface area (Å²) in [5.41, 5.74) is 5.65. The highest BCUT2D eigenvalue weighted by molar-refractivity contribution is 4.81. The summed E-state index contributed by atoms with van der Waals surface area (Å²) in [5, 5.41) is 9.29. The lowest BCUT2D eigenvalue weighted by Gasteiger charge is -2.20. The van der Waals surface area contributed by atoms with Crippen LogP contribution in [0.1, 0.15) is 20.3 Å². The summed E-state index contributed by atoms with van der Waals surface area (Å²) >= 11 is 0. The molecule has 0 aliphatic rings. The first-order valence-electron chi connectivity index (χ1n) is 3.64. The summed E-state index contributed by atoms with van der Waals surface area (Å²) in [6.45, 7) is 7.52. The van der Waals surface area contributed by atoms with Gasteiger partial charge < -0.3 is 10.8 Å². The van der Waals surface area contributed by atoms with Gasteiger partial charge in [-0.1, -0.05) is 19.9 Å². The van der Waals surface area contributed by atoms with E-state index < -0.39 is 6.10 Å². The maximum atomic E-state index is 9.29. The van der Waals surface area contributed by atoms with Crippen molar-refractivity contribution < 1.29 is 5.11 Å². The first-order valence-corrected chi connectivity index (χ1v) is 3.64. The molecule has 0 spiro atoms. The average molecular weight is 143 g/mol. The third-order valence-electron chi connectivity index (χ3n) is 1.62. The fourth-order valence-electron chi connectivity index (χ4n) is 0.772. The predicted molar refractivity (Wildman–Crippen MR) is 43.6 cm³/mol. The third-order valence-corrected chi connectivity index (χ3v) is 1.62. The average Bonchev–Trinajstić information content (AvgIpc) is 1.87. The molecule has 0 fully saturated rings. The maximum Gasteiger partial charge on any atom is 0.0727 e. The standard InChI is InChI=1S/C8H17NO/c1-4-5-7(10)8(9)6(2)3/h4,6-8,10H,1,5,9H2,2-3H3. The summed E-state index contributed by atoms with van der Waals surface area (Å²) in [6.07, 6.45) is 1.84. The van der Waals surface area contributed by atoms with Gasteiger partial charge in [0.1, 0.15) is 0 Å². The molecular weight excluding hydrogens is 126 g/mol. The van der Waals surface area contributed by atoms with Crippen molar-refractivity contribution in [3.63, 3.8) is 0 Å². The molecule has 0 aliphatic carbocycles. The highest BCUT2D eigenvalue weighted by Gasteiger charge is 2.15. The van der Waals surface area contributed by atoms with Gasteiger partial charge in [0.25, 0.3) is 0 Å². The van der Waals surface area contributed by atoms with Gasteiger partial charge in [-0.25, -0.2) is 0 Å². The van der Waals surface area contributed by atoms with Crippen molar-refractivity contribution in [3.05, 3.63) is 12.7 Å². The number of hydrogen-bond donors (Lipinski definition) is 2. The van der Waals surface area contributed by atoms with E-state index >= 15 is 0 Å². The SMILES string of the molecule is C=CCC(O)C(N)C(C)C. The Morgan fingerprint density at radius 2 is 2.10 bits per heavy atom. The zero-order valence-corrected chi connectivity index (χ0v) is 6.75. The number of rotatable bonds is 4. The normalized spacial score (nSPS) is 16.9. The van der Waals surface area contributed by atoms with Crippen molar-refractivity contribution in [1.29, 1.82) is 0 Å². The molecule has 2 nitrogen and oxygen atoms in total. The molecule has 0 amide bonds. The van der Waals surface area contributed by atoms with Crippen molar-refractivity contribution >= 4 is 0 Å². The largest absolute Gasteiger partial charge is 0.391 e. The van der Waals surface area contributed by atoms with Crippen molar-refractivity contribution in [3.8, 4) is 0 Å². The van der Waals surface area contributed by atoms with E-state index in [0.717, 1.165) is 0 Å². The Bertz CT molecular complexity index is 101. The molecule has 0 radical (unpaired) electrons. The Hall–Kier alpha value is -0.340. The van der Waals surface area contributed by atoms with Gasteiger partial charge in [-0.05, 0) is 12.3 Å². The van der Waals surface area contributed by atoms with Crippen molar-refractivity contribution in [2.75, 3.05) is 0 Å². The summed E-state index contributed by atoms with van der Waals surface area (Å²) in [7, 11) is 0. The second kappa shape index (κ2) is 4.47. The number of nitrogens with two attached hydrogens (primary N) is 1. The molecule has 0 saturated carbocycles. The molecule has 0 heterocycles. The van der Waals surface area contributed by atoms with E-state index in [0.29, 0.717) is 12.3 Å². The molecule has 10 heavy (non-hydrogen) atoms. The van der Waals surface area contributed by atoms with Gasteiger partial charge in [0, 0.05) is 6.04 Å². The number of hydrogen-bond acceptors (Lipinski definition) is 2. The third kappa shape index (κ3) is 2.99. The minimum Gasteiger partial charge on any atom is -0.391 e. The fourth-order valence-corrected chi connectivity index (χ4v) is 0.772. The van der Waals surface area contributed by atoms with E-state index in [1.54, 1.807) is 6.08 Å². The second-order valence-corrected chi connectivity index (χ2v) is 2.91. The Morgan fingerprint density at radius 1 is 1.60 bits per heavy atom. The van der Waals surface area contributed by atoms with Crippen LogP contribution < -0.4 is 5.73 Å². The van der Waals surface area contributed by atoms with Gasteiger partial charge >= 0.3 is 0 Å². The first kappa shape index (κ1) is 9.66. The van der Waals surface area contributed by atoms with E-state index in [1.807, 2.05) is 13.8 Å². The zero-order valence-electron chi connectivity index (χ0n) is 6.75. The van der Waals surface area contributed by atoms with Crippen molar-refractivity contribution in [2.45, 2.75) is 32.4 Å². The number of aliphatic hydroxyl groups is 1. The summed E-state index contributed by atoms with van der Waals surface area (Å²) < 4.78 is 0. The van der Waals surface area contributed by atoms with Crippen LogP contribution in [0.2, 0.25) is 0 Å². The van der Waals surface area contributed by atoms with Gasteiger partial charge in [0.15, 0.2) is 0 Å². The van der Waals surface area contributed by atoms with Crippen molar-refractivity contribution in [2.24, 2.45) is 11.7 Å². The molecule has 2 heteroatoms. The molecule has 0 rings (SSSR count). The Balaban J connectivity index is 3.68. The van der Waals surface area contributed by atoms with E-state index in [9.17, 15) is 5.11 Å². The lowest BCUT2D eigenvalue weighted by molar-refractivity contribution is 0.127. The lowest BCUT2D eigenvalue weighted by atomic mass is 9.98. The van der Waals surface area contributed by atoms with Crippen LogP contribution in [0.5, 0.6) is 0 Å². The molecule has 2 unspecified atom stereocenters. The smallest absolute Gasteiger partial charge is 0.0727 e. The molecule has 2 atom stereocenters. The predicted octanol–water partition coefficient (Wildman–Crippen LogP) is 0.907. The second-order valence-electron chi connectivity index (χ2n) is 2.91. The Kier molecular flexibility index (Phi) is 4.32. The van der Waals surface area contributed by atoms with Crippen molar-refractivity contribution in [1.82, 2.24) is 0 Å². The van der Waals surface area contributed by atoms with Crippen LogP contribution in [0.15, 0.2) is 12.7 Å². The molecule has 0 aromatic heterocycles. The van der Waals surface area contributed by atoms with Gasteiger partial charge in [-0.3, -0.25) is 0 Å². The van der Waals surface area contributed by atoms with E-state index in [2.05, 4.69) is 6.58 Å². The van der Waals surface area contributed by atoms with Crippen LogP contribution in [-0.4, -0.2) is 17.3 Å². The zero-order chi connectivity index (χ0) is 8.15. The molecule has 0 aromatic rings. The van der Waals surface area contributed by atoms with Gasteiger partial charge in [-0.15, -0.1) is 6.58 Å². The lowest BCUT2D eigenvalue weighted by Crippen LogP contribution is -2.38. The van der Waals surface area contributed by atoms with Crippen LogP contribution in [0.25, 0.3) is 0 Å². The van der Waals surface area contributed by atoms with Gasteiger partial charge in [0.2, 0.25) is 0 Å². The summed E-state index contributed by atoms with van der Waals surface area (Å²) in [5.74, 6) is 0.329. The minimum atomic E-state index is -0.433. The van der Waals surface area contributed by atoms with Crippen LogP contribution in [0.3, 0.4) is 0 Å². The minimum absolute atomic E-state index is 0.127. The molecule has 0 saturated heterocycles. The molecule has 60 valence electrons. The highest BCUT2D eigenvalue weighted by atomic mass is 16.3. The number of aliphatic hydroxyl groups excluding tert-OH is 1. The van der Waals surface area contributed by atoms with Gasteiger partial charge in [-0.2, -0.15) is 0 Å². The van der Waals surface area contributed by atoms with Gasteiger partial charge in [0.05, 0.1) is 6.10 Å². The molecular formula is C8H17NO.